The molecular weight excluding hydrogens is 726 g/mol. The first-order valence-electron chi connectivity index (χ1n) is 20.0. The Labute approximate surface area is 332 Å². The number of carbonyl (C=O) groups excluding carboxylic acids is 4. The van der Waals surface area contributed by atoms with Gasteiger partial charge in [-0.1, -0.05) is 65.0 Å². The summed E-state index contributed by atoms with van der Waals surface area (Å²) in [6.45, 7) is 16.1. The van der Waals surface area contributed by atoms with Gasteiger partial charge in [0.2, 0.25) is 0 Å². The second-order valence-electron chi connectivity index (χ2n) is 16.6. The van der Waals surface area contributed by atoms with Crippen LogP contribution in [0.3, 0.4) is 0 Å². The largest absolute Gasteiger partial charge is 0.509 e. The normalized spacial score (nSPS) is 39.1. The van der Waals surface area contributed by atoms with Gasteiger partial charge in [0.1, 0.15) is 24.1 Å². The van der Waals surface area contributed by atoms with Crippen LogP contribution in [-0.2, 0) is 52.3 Å². The highest BCUT2D eigenvalue weighted by molar-refractivity contribution is 5.84. The van der Waals surface area contributed by atoms with Crippen LogP contribution in [0.25, 0.3) is 0 Å². The van der Waals surface area contributed by atoms with Gasteiger partial charge in [-0.25, -0.2) is 9.59 Å². The van der Waals surface area contributed by atoms with E-state index in [1.807, 2.05) is 38.9 Å². The zero-order valence-electron chi connectivity index (χ0n) is 35.2. The summed E-state index contributed by atoms with van der Waals surface area (Å²) in [5.74, 6) is -5.22. The highest BCUT2D eigenvalue weighted by Gasteiger charge is 2.59. The van der Waals surface area contributed by atoms with Crippen molar-refractivity contribution in [3.8, 4) is 0 Å². The lowest BCUT2D eigenvalue weighted by Crippen LogP contribution is -2.60. The number of esters is 2. The predicted molar refractivity (Wildman–Crippen MR) is 204 cm³/mol. The molecule has 1 aromatic carbocycles. The van der Waals surface area contributed by atoms with Crippen LogP contribution in [0.15, 0.2) is 30.3 Å². The Bertz CT molecular complexity index is 1490. The summed E-state index contributed by atoms with van der Waals surface area (Å²) in [5.41, 5.74) is -2.24. The molecule has 14 nitrogen and oxygen atoms in total. The van der Waals surface area contributed by atoms with Crippen LogP contribution < -0.4 is 0 Å². The molecule has 3 heterocycles. The Morgan fingerprint density at radius 1 is 1.00 bits per heavy atom. The van der Waals surface area contributed by atoms with Crippen molar-refractivity contribution in [1.29, 1.82) is 0 Å². The average molecular weight is 792 g/mol. The van der Waals surface area contributed by atoms with Crippen LogP contribution in [0.4, 0.5) is 4.79 Å². The number of carbonyl (C=O) groups is 4. The third kappa shape index (κ3) is 9.75. The molecule has 0 bridgehead atoms. The number of aliphatic hydroxyl groups is 1. The number of rotatable bonds is 11. The first-order chi connectivity index (χ1) is 26.3. The number of likely N-dealkylation sites (N-methyl/N-ethyl adjacent to an activating group) is 1. The minimum absolute atomic E-state index is 0.0956. The lowest BCUT2D eigenvalue weighted by Gasteiger charge is -2.48. The van der Waals surface area contributed by atoms with Crippen molar-refractivity contribution in [3.05, 3.63) is 35.9 Å². The van der Waals surface area contributed by atoms with E-state index in [0.29, 0.717) is 18.4 Å². The number of benzene rings is 1. The van der Waals surface area contributed by atoms with Crippen LogP contribution >= 0.6 is 0 Å². The molecule has 0 aliphatic carbocycles. The van der Waals surface area contributed by atoms with Gasteiger partial charge in [0.15, 0.2) is 24.1 Å². The zero-order chi connectivity index (χ0) is 41.7. The predicted octanol–water partition coefficient (Wildman–Crippen LogP) is 5.42. The van der Waals surface area contributed by atoms with Crippen molar-refractivity contribution in [2.75, 3.05) is 27.8 Å². The van der Waals surface area contributed by atoms with Gasteiger partial charge >= 0.3 is 18.1 Å². The van der Waals surface area contributed by atoms with Crippen molar-refractivity contribution >= 4 is 23.9 Å². The molecule has 1 aromatic rings. The second kappa shape index (κ2) is 19.1. The third-order valence-electron chi connectivity index (χ3n) is 12.0. The van der Waals surface area contributed by atoms with Crippen molar-refractivity contribution in [2.24, 2.45) is 23.7 Å². The number of nitrogens with zero attached hydrogens (tertiary/aromatic N) is 1. The molecule has 15 atom stereocenters. The molecular formula is C42H65NO13. The number of aliphatic hydroxyl groups excluding tert-OH is 1. The molecule has 4 rings (SSSR count). The monoisotopic (exact) mass is 791 g/mol. The number of cyclic esters (lactones) is 1. The molecule has 56 heavy (non-hydrogen) atoms. The molecule has 0 unspecified atom stereocenters. The van der Waals surface area contributed by atoms with Gasteiger partial charge in [-0.15, -0.1) is 0 Å². The molecule has 3 saturated heterocycles. The minimum Gasteiger partial charge on any atom is -0.459 e. The van der Waals surface area contributed by atoms with Gasteiger partial charge < -0.3 is 47.9 Å². The number of hydrogen-bond donors (Lipinski definition) is 1. The molecule has 3 aliphatic heterocycles. The molecule has 0 radical (unpaired) electrons. The van der Waals surface area contributed by atoms with Gasteiger partial charge in [0.25, 0.3) is 0 Å². The number of hydrogen-bond acceptors (Lipinski definition) is 14. The Kier molecular flexibility index (Phi) is 15.5. The minimum atomic E-state index is -1.51. The van der Waals surface area contributed by atoms with E-state index in [0.717, 1.165) is 0 Å². The summed E-state index contributed by atoms with van der Waals surface area (Å²) in [4.78, 5) is 57.7. The van der Waals surface area contributed by atoms with E-state index in [9.17, 15) is 24.3 Å². The standard InChI is InChI=1S/C42H65NO13/c1-13-20-50-34(28-18-16-15-17-19-28)38(47)53-33-26(6)35(54-39-32(45)29(43(10)11)21-24(4)51-39)41(8,49-12)22-23(3)31(44)25(5)36-42(9,56-40(48)55-36)30(14-2)52-37(46)27(33)7/h15-19,23-27,29-30,32-36,39,45H,13-14,20-22H2,1-12H3/t23-,24-,25-,26+,27-,29+,30+,32-,33-,34-,35-,36-,39+,41+,42-/m1/s1. The average Bonchev–Trinajstić information content (AvgIpc) is 3.48. The summed E-state index contributed by atoms with van der Waals surface area (Å²) >= 11 is 0. The van der Waals surface area contributed by atoms with Gasteiger partial charge in [0.05, 0.1) is 29.6 Å². The molecule has 1 N–H and O–H groups in total. The fraction of sp³-hybridized carbons (Fsp3) is 0.762. The van der Waals surface area contributed by atoms with E-state index in [-0.39, 0.29) is 37.4 Å². The Hall–Kier alpha value is -3.14. The van der Waals surface area contributed by atoms with Crippen molar-refractivity contribution < 1.29 is 62.2 Å². The maximum Gasteiger partial charge on any atom is 0.509 e. The van der Waals surface area contributed by atoms with Crippen molar-refractivity contribution in [2.45, 2.75) is 154 Å². The van der Waals surface area contributed by atoms with Crippen molar-refractivity contribution in [3.63, 3.8) is 0 Å². The topological polar surface area (TPSA) is 166 Å². The molecule has 14 heteroatoms. The number of ether oxygens (including phenoxy) is 8. The summed E-state index contributed by atoms with van der Waals surface area (Å²) in [5, 5.41) is 11.6. The van der Waals surface area contributed by atoms with Crippen LogP contribution in [0.5, 0.6) is 0 Å². The number of ketones is 1. The summed E-state index contributed by atoms with van der Waals surface area (Å²) in [6, 6.07) is 8.64. The maximum atomic E-state index is 14.4. The molecule has 3 aliphatic rings. The highest BCUT2D eigenvalue weighted by atomic mass is 16.8. The van der Waals surface area contributed by atoms with Crippen LogP contribution in [0.2, 0.25) is 0 Å². The van der Waals surface area contributed by atoms with E-state index in [4.69, 9.17) is 37.9 Å². The van der Waals surface area contributed by atoms with E-state index < -0.39 is 95.9 Å². The zero-order valence-corrected chi connectivity index (χ0v) is 35.2. The van der Waals surface area contributed by atoms with E-state index >= 15 is 0 Å². The van der Waals surface area contributed by atoms with Crippen molar-refractivity contribution in [1.82, 2.24) is 4.90 Å². The van der Waals surface area contributed by atoms with Gasteiger partial charge in [-0.2, -0.15) is 0 Å². The molecule has 0 saturated carbocycles. The van der Waals surface area contributed by atoms with E-state index in [1.165, 1.54) is 7.11 Å². The van der Waals surface area contributed by atoms with Crippen LogP contribution in [0, 0.1) is 23.7 Å². The van der Waals surface area contributed by atoms with E-state index in [2.05, 4.69) is 0 Å². The maximum absolute atomic E-state index is 14.4. The van der Waals surface area contributed by atoms with Gasteiger partial charge in [0, 0.05) is 31.6 Å². The number of Topliss-reactive ketones (excluding diaryl/α,β-unsaturated/α-hetero) is 1. The van der Waals surface area contributed by atoms with Gasteiger partial charge in [-0.3, -0.25) is 9.59 Å². The Morgan fingerprint density at radius 2 is 1.66 bits per heavy atom. The first-order valence-corrected chi connectivity index (χ1v) is 20.0. The van der Waals surface area contributed by atoms with Gasteiger partial charge in [-0.05, 0) is 73.0 Å². The van der Waals surface area contributed by atoms with Crippen LogP contribution in [0.1, 0.15) is 99.7 Å². The Balaban J connectivity index is 1.89. The highest BCUT2D eigenvalue weighted by Crippen LogP contribution is 2.43. The summed E-state index contributed by atoms with van der Waals surface area (Å²) in [7, 11) is 5.23. The molecule has 0 amide bonds. The first kappa shape index (κ1) is 45.6. The number of fused-ring (bicyclic) bond motifs is 1. The Morgan fingerprint density at radius 3 is 2.25 bits per heavy atom. The summed E-state index contributed by atoms with van der Waals surface area (Å²) in [6.07, 6.45) is -7.49. The molecule has 0 spiro atoms. The lowest BCUT2D eigenvalue weighted by molar-refractivity contribution is -0.302. The lowest BCUT2D eigenvalue weighted by atomic mass is 9.74. The number of methoxy groups -OCH3 is 1. The van der Waals surface area contributed by atoms with Crippen LogP contribution in [-0.4, -0.2) is 122 Å². The second-order valence-corrected chi connectivity index (χ2v) is 16.6. The van der Waals surface area contributed by atoms with E-state index in [1.54, 1.807) is 72.7 Å². The third-order valence-corrected chi connectivity index (χ3v) is 12.0. The SMILES string of the molecule is CCCO[C@@H](C(=O)O[C@@H]1[C@H](C)[C@@H](O[C@@H]2O[C@H](C)C[C@H](N(C)C)[C@H]2O)[C@@](C)(OC)C[C@@H](C)C(=O)[C@@H](C)[C@H]2OC(=O)O[C@]2(C)[C@H](CC)OC(=O)[C@@H]1C)c1ccccc1. The smallest absolute Gasteiger partial charge is 0.459 e. The molecule has 3 fully saturated rings. The molecule has 316 valence electrons. The fourth-order valence-corrected chi connectivity index (χ4v) is 8.76. The fourth-order valence-electron chi connectivity index (χ4n) is 8.76. The molecule has 0 aromatic heterocycles. The quantitative estimate of drug-likeness (QED) is 0.223. The summed E-state index contributed by atoms with van der Waals surface area (Å²) < 4.78 is 49.3.